The molecule has 0 bridgehead atoms. The minimum Gasteiger partial charge on any atom is -0.494 e. The van der Waals surface area contributed by atoms with Crippen LogP contribution in [-0.4, -0.2) is 39.0 Å². The van der Waals surface area contributed by atoms with Crippen molar-refractivity contribution < 1.29 is 23.7 Å². The average molecular weight is 481 g/mol. The van der Waals surface area contributed by atoms with Crippen molar-refractivity contribution in [2.75, 3.05) is 33.3 Å². The van der Waals surface area contributed by atoms with Gasteiger partial charge in [-0.3, -0.25) is 10.1 Å². The monoisotopic (exact) mass is 480 g/mol. The molecule has 0 spiro atoms. The fourth-order valence-electron chi connectivity index (χ4n) is 3.32. The quantitative estimate of drug-likeness (QED) is 0.317. The third-order valence-electron chi connectivity index (χ3n) is 4.97. The van der Waals surface area contributed by atoms with Crippen LogP contribution in [0.25, 0.3) is 0 Å². The van der Waals surface area contributed by atoms with Crippen molar-refractivity contribution in [3.05, 3.63) is 77.9 Å². The van der Waals surface area contributed by atoms with Gasteiger partial charge in [0.1, 0.15) is 5.75 Å². The molecule has 1 amide bonds. The number of rotatable bonds is 10. The molecule has 0 aliphatic rings. The molecule has 0 saturated carbocycles. The largest absolute Gasteiger partial charge is 0.494 e. The highest BCUT2D eigenvalue weighted by molar-refractivity contribution is 7.80. The zero-order valence-corrected chi connectivity index (χ0v) is 20.2. The lowest BCUT2D eigenvalue weighted by molar-refractivity contribution is 0.0977. The van der Waals surface area contributed by atoms with Crippen LogP contribution in [0.5, 0.6) is 23.0 Å². The molecule has 3 aromatic carbocycles. The summed E-state index contributed by atoms with van der Waals surface area (Å²) in [6.45, 7) is 0.598. The Hall–Kier alpha value is -3.78. The van der Waals surface area contributed by atoms with E-state index in [0.29, 0.717) is 35.1 Å². The number of hydrogen-bond donors (Lipinski definition) is 2. The predicted molar refractivity (Wildman–Crippen MR) is 136 cm³/mol. The number of hydrogen-bond acceptors (Lipinski definition) is 6. The average Bonchev–Trinajstić information content (AvgIpc) is 2.86. The Morgan fingerprint density at radius 3 is 2.24 bits per heavy atom. The van der Waals surface area contributed by atoms with E-state index in [0.717, 1.165) is 18.6 Å². The molecule has 3 aromatic rings. The maximum absolute atomic E-state index is 12.7. The molecule has 0 radical (unpaired) electrons. The summed E-state index contributed by atoms with van der Waals surface area (Å²) in [5.41, 5.74) is 2.31. The van der Waals surface area contributed by atoms with Gasteiger partial charge in [-0.1, -0.05) is 36.4 Å². The van der Waals surface area contributed by atoms with E-state index in [1.165, 1.54) is 26.9 Å². The van der Waals surface area contributed by atoms with Crippen LogP contribution in [0.4, 0.5) is 5.69 Å². The summed E-state index contributed by atoms with van der Waals surface area (Å²) in [7, 11) is 4.48. The Morgan fingerprint density at radius 2 is 1.59 bits per heavy atom. The van der Waals surface area contributed by atoms with E-state index < -0.39 is 5.91 Å². The summed E-state index contributed by atoms with van der Waals surface area (Å²) < 4.78 is 21.8. The highest BCUT2D eigenvalue weighted by Gasteiger charge is 2.17. The van der Waals surface area contributed by atoms with Gasteiger partial charge in [0.05, 0.1) is 27.9 Å². The zero-order chi connectivity index (χ0) is 24.3. The number of carbonyl (C=O) groups excluding carboxylic acids is 1. The second-order valence-electron chi connectivity index (χ2n) is 7.29. The van der Waals surface area contributed by atoms with Gasteiger partial charge in [0, 0.05) is 17.3 Å². The SMILES string of the molecule is COc1cc(C(=O)NC(=S)Nc2cccc(OCCCc3ccccc3)c2)cc(OC)c1OC. The lowest BCUT2D eigenvalue weighted by atomic mass is 10.1. The number of amides is 1. The Kier molecular flexibility index (Phi) is 9.11. The van der Waals surface area contributed by atoms with Crippen molar-refractivity contribution >= 4 is 28.9 Å². The summed E-state index contributed by atoms with van der Waals surface area (Å²) in [6.07, 6.45) is 1.86. The molecule has 34 heavy (non-hydrogen) atoms. The maximum atomic E-state index is 12.7. The lowest BCUT2D eigenvalue weighted by Crippen LogP contribution is -2.34. The Balaban J connectivity index is 1.55. The molecule has 0 unspecified atom stereocenters. The number of methoxy groups -OCH3 is 3. The topological polar surface area (TPSA) is 78.1 Å². The first-order valence-corrected chi connectivity index (χ1v) is 11.1. The Bertz CT molecular complexity index is 1100. The second-order valence-corrected chi connectivity index (χ2v) is 7.70. The van der Waals surface area contributed by atoms with Crippen molar-refractivity contribution in [1.82, 2.24) is 5.32 Å². The number of anilines is 1. The lowest BCUT2D eigenvalue weighted by Gasteiger charge is -2.15. The molecule has 0 heterocycles. The molecular formula is C26H28N2O5S. The normalized spacial score (nSPS) is 10.2. The fourth-order valence-corrected chi connectivity index (χ4v) is 3.53. The van der Waals surface area contributed by atoms with E-state index in [9.17, 15) is 4.79 Å². The van der Waals surface area contributed by atoms with Gasteiger partial charge in [-0.15, -0.1) is 0 Å². The third kappa shape index (κ3) is 6.86. The number of aryl methyl sites for hydroxylation is 1. The first-order valence-electron chi connectivity index (χ1n) is 10.7. The molecule has 0 aliphatic heterocycles. The molecule has 0 atom stereocenters. The smallest absolute Gasteiger partial charge is 0.257 e. The van der Waals surface area contributed by atoms with Crippen LogP contribution in [0, 0.1) is 0 Å². The van der Waals surface area contributed by atoms with Gasteiger partial charge in [-0.05, 0) is 54.9 Å². The molecule has 0 saturated heterocycles. The summed E-state index contributed by atoms with van der Waals surface area (Å²) in [5, 5.41) is 5.83. The van der Waals surface area contributed by atoms with Gasteiger partial charge in [-0.2, -0.15) is 0 Å². The van der Waals surface area contributed by atoms with Gasteiger partial charge >= 0.3 is 0 Å². The van der Waals surface area contributed by atoms with Crippen LogP contribution in [0.2, 0.25) is 0 Å². The summed E-state index contributed by atoms with van der Waals surface area (Å²) in [6, 6.07) is 20.8. The second kappa shape index (κ2) is 12.5. The van der Waals surface area contributed by atoms with E-state index in [1.807, 2.05) is 42.5 Å². The number of carbonyl (C=O) groups is 1. The van der Waals surface area contributed by atoms with Crippen LogP contribution in [0.15, 0.2) is 66.7 Å². The van der Waals surface area contributed by atoms with Crippen molar-refractivity contribution in [2.45, 2.75) is 12.8 Å². The molecule has 3 rings (SSSR count). The van der Waals surface area contributed by atoms with E-state index in [1.54, 1.807) is 12.1 Å². The first-order chi connectivity index (χ1) is 16.5. The van der Waals surface area contributed by atoms with Gasteiger partial charge in [-0.25, -0.2) is 0 Å². The summed E-state index contributed by atoms with van der Waals surface area (Å²) in [4.78, 5) is 12.7. The molecule has 8 heteroatoms. The van der Waals surface area contributed by atoms with Gasteiger partial charge in [0.2, 0.25) is 5.75 Å². The molecule has 2 N–H and O–H groups in total. The zero-order valence-electron chi connectivity index (χ0n) is 19.4. The van der Waals surface area contributed by atoms with Crippen molar-refractivity contribution in [3.63, 3.8) is 0 Å². The van der Waals surface area contributed by atoms with Gasteiger partial charge in [0.25, 0.3) is 5.91 Å². The first kappa shape index (κ1) is 24.9. The van der Waals surface area contributed by atoms with E-state index in [4.69, 9.17) is 31.2 Å². The predicted octanol–water partition coefficient (Wildman–Crippen LogP) is 4.85. The van der Waals surface area contributed by atoms with E-state index in [-0.39, 0.29) is 5.11 Å². The number of benzene rings is 3. The van der Waals surface area contributed by atoms with Crippen LogP contribution in [0.1, 0.15) is 22.3 Å². The highest BCUT2D eigenvalue weighted by atomic mass is 32.1. The van der Waals surface area contributed by atoms with Crippen molar-refractivity contribution in [3.8, 4) is 23.0 Å². The molecular weight excluding hydrogens is 452 g/mol. The molecule has 178 valence electrons. The molecule has 0 fully saturated rings. The van der Waals surface area contributed by atoms with Crippen molar-refractivity contribution in [2.24, 2.45) is 0 Å². The maximum Gasteiger partial charge on any atom is 0.257 e. The van der Waals surface area contributed by atoms with E-state index in [2.05, 4.69) is 22.8 Å². The highest BCUT2D eigenvalue weighted by Crippen LogP contribution is 2.38. The minimum atomic E-state index is -0.412. The van der Waals surface area contributed by atoms with Crippen LogP contribution in [-0.2, 0) is 6.42 Å². The summed E-state index contributed by atoms with van der Waals surface area (Å²) >= 11 is 5.32. The van der Waals surface area contributed by atoms with Crippen LogP contribution < -0.4 is 29.6 Å². The van der Waals surface area contributed by atoms with Crippen LogP contribution in [0.3, 0.4) is 0 Å². The Morgan fingerprint density at radius 1 is 0.882 bits per heavy atom. The Labute approximate surface area is 205 Å². The number of ether oxygens (including phenoxy) is 4. The number of nitrogens with one attached hydrogen (secondary N) is 2. The molecule has 0 aromatic heterocycles. The third-order valence-corrected chi connectivity index (χ3v) is 5.17. The standard InChI is InChI=1S/C26H28N2O5S/c1-30-22-15-19(16-23(31-2)24(22)32-3)25(29)28-26(34)27-20-12-7-13-21(17-20)33-14-8-11-18-9-5-4-6-10-18/h4-7,9-10,12-13,15-17H,8,11,14H2,1-3H3,(H2,27,28,29,34). The van der Waals surface area contributed by atoms with E-state index >= 15 is 0 Å². The fraction of sp³-hybridized carbons (Fsp3) is 0.231. The number of thiocarbonyl (C=S) groups is 1. The van der Waals surface area contributed by atoms with Gasteiger partial charge in [0.15, 0.2) is 16.6 Å². The van der Waals surface area contributed by atoms with Crippen LogP contribution >= 0.6 is 12.2 Å². The molecule has 0 aliphatic carbocycles. The molecule has 7 nitrogen and oxygen atoms in total. The van der Waals surface area contributed by atoms with Crippen molar-refractivity contribution in [1.29, 1.82) is 0 Å². The summed E-state index contributed by atoms with van der Waals surface area (Å²) in [5.74, 6) is 1.47. The van der Waals surface area contributed by atoms with Gasteiger partial charge < -0.3 is 24.3 Å². The minimum absolute atomic E-state index is 0.153.